The zero-order valence-electron chi connectivity index (χ0n) is 12.3. The number of aromatic nitrogens is 2. The highest BCUT2D eigenvalue weighted by Crippen LogP contribution is 2.16. The van der Waals surface area contributed by atoms with E-state index in [1.54, 1.807) is 36.1 Å². The Kier molecular flexibility index (Phi) is 4.06. The summed E-state index contributed by atoms with van der Waals surface area (Å²) in [5, 5.41) is 6.89. The van der Waals surface area contributed by atoms with Crippen LogP contribution in [0.15, 0.2) is 30.3 Å². The van der Waals surface area contributed by atoms with Crippen LogP contribution in [0.5, 0.6) is 0 Å². The van der Waals surface area contributed by atoms with Crippen LogP contribution in [0.4, 0.5) is 14.9 Å². The molecule has 1 aromatic heterocycles. The lowest BCUT2D eigenvalue weighted by molar-refractivity contribution is 0.0564. The molecule has 0 radical (unpaired) electrons. The quantitative estimate of drug-likeness (QED) is 0.925. The molecular formula is C15H17FN4O2. The molecule has 2 amide bonds. The van der Waals surface area contributed by atoms with E-state index in [1.807, 2.05) is 0 Å². The maximum Gasteiger partial charge on any atom is 0.321 e. The van der Waals surface area contributed by atoms with Gasteiger partial charge >= 0.3 is 6.03 Å². The van der Waals surface area contributed by atoms with Crippen LogP contribution in [0.1, 0.15) is 5.69 Å². The van der Waals surface area contributed by atoms with Crippen LogP contribution < -0.4 is 5.32 Å². The third-order valence-electron chi connectivity index (χ3n) is 3.45. The van der Waals surface area contributed by atoms with Gasteiger partial charge in [0.1, 0.15) is 0 Å². The fraction of sp³-hybridized carbons (Fsp3) is 0.333. The molecule has 0 unspecified atom stereocenters. The first-order chi connectivity index (χ1) is 10.6. The fourth-order valence-corrected chi connectivity index (χ4v) is 2.30. The first-order valence-corrected chi connectivity index (χ1v) is 7.10. The normalized spacial score (nSPS) is 14.9. The van der Waals surface area contributed by atoms with Gasteiger partial charge < -0.3 is 15.0 Å². The number of nitrogens with zero attached hydrogens (tertiary/aromatic N) is 3. The molecule has 3 rings (SSSR count). The van der Waals surface area contributed by atoms with Crippen molar-refractivity contribution in [1.82, 2.24) is 14.7 Å². The molecule has 0 saturated carbocycles. The Morgan fingerprint density at radius 1 is 1.27 bits per heavy atom. The number of anilines is 1. The molecule has 6 nitrogen and oxygen atoms in total. The Balaban J connectivity index is 1.69. The van der Waals surface area contributed by atoms with Crippen LogP contribution in [0.2, 0.25) is 0 Å². The minimum Gasteiger partial charge on any atom is -0.378 e. The van der Waals surface area contributed by atoms with E-state index >= 15 is 0 Å². The van der Waals surface area contributed by atoms with Gasteiger partial charge in [-0.2, -0.15) is 9.49 Å². The molecule has 1 aliphatic rings. The van der Waals surface area contributed by atoms with Gasteiger partial charge in [0, 0.05) is 24.8 Å². The number of hydrogen-bond donors (Lipinski definition) is 1. The van der Waals surface area contributed by atoms with Crippen LogP contribution in [-0.2, 0) is 4.74 Å². The smallest absolute Gasteiger partial charge is 0.321 e. The number of rotatable bonds is 2. The third kappa shape index (κ3) is 3.09. The number of morpholine rings is 1. The van der Waals surface area contributed by atoms with Crippen molar-refractivity contribution in [2.24, 2.45) is 0 Å². The Hall–Kier alpha value is -2.41. The van der Waals surface area contributed by atoms with Gasteiger partial charge in [-0.15, -0.1) is 0 Å². The molecule has 1 saturated heterocycles. The lowest BCUT2D eigenvalue weighted by Gasteiger charge is -2.26. The van der Waals surface area contributed by atoms with Crippen LogP contribution in [-0.4, -0.2) is 47.0 Å². The summed E-state index contributed by atoms with van der Waals surface area (Å²) >= 11 is 0. The number of halogens is 1. The number of aryl methyl sites for hydroxylation is 1. The van der Waals surface area contributed by atoms with Crippen LogP contribution in [0, 0.1) is 12.9 Å². The molecule has 0 bridgehead atoms. The van der Waals surface area contributed by atoms with Crippen molar-refractivity contribution in [1.29, 1.82) is 0 Å². The molecule has 0 spiro atoms. The summed E-state index contributed by atoms with van der Waals surface area (Å²) in [6.45, 7) is 4.02. The summed E-state index contributed by atoms with van der Waals surface area (Å²) in [6, 6.07) is 8.09. The molecule has 0 aliphatic carbocycles. The van der Waals surface area contributed by atoms with Crippen LogP contribution >= 0.6 is 0 Å². The zero-order valence-corrected chi connectivity index (χ0v) is 12.3. The van der Waals surface area contributed by atoms with Crippen molar-refractivity contribution in [3.8, 4) is 5.69 Å². The minimum atomic E-state index is -0.414. The van der Waals surface area contributed by atoms with E-state index in [1.165, 1.54) is 10.7 Å². The van der Waals surface area contributed by atoms with Crippen molar-refractivity contribution < 1.29 is 13.9 Å². The second-order valence-corrected chi connectivity index (χ2v) is 5.10. The number of ether oxygens (including phenoxy) is 1. The molecule has 2 heterocycles. The van der Waals surface area contributed by atoms with Crippen molar-refractivity contribution in [2.75, 3.05) is 31.6 Å². The first-order valence-electron chi connectivity index (χ1n) is 7.10. The molecule has 1 N–H and O–H groups in total. The minimum absolute atomic E-state index is 0.155. The van der Waals surface area contributed by atoms with Gasteiger partial charge in [0.25, 0.3) is 0 Å². The van der Waals surface area contributed by atoms with E-state index in [0.29, 0.717) is 43.4 Å². The number of hydrogen-bond acceptors (Lipinski definition) is 3. The topological polar surface area (TPSA) is 59.4 Å². The maximum atomic E-state index is 13.7. The summed E-state index contributed by atoms with van der Waals surface area (Å²) in [5.41, 5.74) is 1.88. The average Bonchev–Trinajstić information content (AvgIpc) is 2.87. The SMILES string of the molecule is Cc1cc(F)n(-c2ccc(NC(=O)N3CCOCC3)cc2)n1. The Morgan fingerprint density at radius 2 is 1.95 bits per heavy atom. The van der Waals surface area contributed by atoms with Crippen molar-refractivity contribution in [3.63, 3.8) is 0 Å². The predicted octanol–water partition coefficient (Wildman–Crippen LogP) is 2.18. The highest BCUT2D eigenvalue weighted by atomic mass is 19.1. The van der Waals surface area contributed by atoms with Gasteiger partial charge in [0.15, 0.2) is 0 Å². The standard InChI is InChI=1S/C15H17FN4O2/c1-11-10-14(16)20(18-11)13-4-2-12(3-5-13)17-15(21)19-6-8-22-9-7-19/h2-5,10H,6-9H2,1H3,(H,17,21). The number of carbonyl (C=O) groups excluding carboxylic acids is 1. The lowest BCUT2D eigenvalue weighted by Crippen LogP contribution is -2.43. The molecule has 0 atom stereocenters. The molecule has 1 aromatic carbocycles. The Bertz CT molecular complexity index is 663. The van der Waals surface area contributed by atoms with Gasteiger partial charge in [0.05, 0.1) is 24.6 Å². The number of nitrogens with one attached hydrogen (secondary N) is 1. The number of benzene rings is 1. The van der Waals surface area contributed by atoms with Crippen LogP contribution in [0.25, 0.3) is 5.69 Å². The lowest BCUT2D eigenvalue weighted by atomic mass is 10.3. The predicted molar refractivity (Wildman–Crippen MR) is 79.7 cm³/mol. The van der Waals surface area contributed by atoms with Gasteiger partial charge in [0.2, 0.25) is 5.95 Å². The molecule has 7 heteroatoms. The summed E-state index contributed by atoms with van der Waals surface area (Å²) in [4.78, 5) is 13.8. The average molecular weight is 304 g/mol. The van der Waals surface area contributed by atoms with E-state index in [4.69, 9.17) is 4.74 Å². The Labute approximate surface area is 127 Å². The second kappa shape index (κ2) is 6.15. The van der Waals surface area contributed by atoms with Gasteiger partial charge in [-0.1, -0.05) is 0 Å². The summed E-state index contributed by atoms with van der Waals surface area (Å²) in [7, 11) is 0. The summed E-state index contributed by atoms with van der Waals surface area (Å²) in [6.07, 6.45) is 0. The molecule has 1 fully saturated rings. The molecular weight excluding hydrogens is 287 g/mol. The monoisotopic (exact) mass is 304 g/mol. The molecule has 2 aromatic rings. The van der Waals surface area contributed by atoms with E-state index in [-0.39, 0.29) is 6.03 Å². The van der Waals surface area contributed by atoms with Crippen molar-refractivity contribution in [3.05, 3.63) is 42.0 Å². The van der Waals surface area contributed by atoms with Gasteiger partial charge in [-0.05, 0) is 31.2 Å². The number of amides is 2. The highest BCUT2D eigenvalue weighted by molar-refractivity contribution is 5.89. The van der Waals surface area contributed by atoms with Crippen LogP contribution in [0.3, 0.4) is 0 Å². The summed E-state index contributed by atoms with van der Waals surface area (Å²) in [5.74, 6) is -0.414. The Morgan fingerprint density at radius 3 is 2.55 bits per heavy atom. The molecule has 116 valence electrons. The highest BCUT2D eigenvalue weighted by Gasteiger charge is 2.16. The number of urea groups is 1. The second-order valence-electron chi connectivity index (χ2n) is 5.10. The zero-order chi connectivity index (χ0) is 15.5. The van der Waals surface area contributed by atoms with E-state index < -0.39 is 5.95 Å². The van der Waals surface area contributed by atoms with E-state index in [9.17, 15) is 9.18 Å². The number of carbonyl (C=O) groups is 1. The van der Waals surface area contributed by atoms with Gasteiger partial charge in [-0.25, -0.2) is 9.48 Å². The van der Waals surface area contributed by atoms with Gasteiger partial charge in [-0.3, -0.25) is 0 Å². The van der Waals surface area contributed by atoms with Crippen molar-refractivity contribution in [2.45, 2.75) is 6.92 Å². The van der Waals surface area contributed by atoms with Crippen molar-refractivity contribution >= 4 is 11.7 Å². The third-order valence-corrected chi connectivity index (χ3v) is 3.45. The molecule has 1 aliphatic heterocycles. The largest absolute Gasteiger partial charge is 0.378 e. The maximum absolute atomic E-state index is 13.7. The van der Waals surface area contributed by atoms with E-state index in [0.717, 1.165) is 0 Å². The molecule has 22 heavy (non-hydrogen) atoms. The fourth-order valence-electron chi connectivity index (χ4n) is 2.30. The first kappa shape index (κ1) is 14.5. The van der Waals surface area contributed by atoms with E-state index in [2.05, 4.69) is 10.4 Å². The summed E-state index contributed by atoms with van der Waals surface area (Å²) < 4.78 is 20.1.